The zero-order valence-electron chi connectivity index (χ0n) is 14.0. The van der Waals surface area contributed by atoms with Crippen molar-refractivity contribution < 1.29 is 0 Å². The van der Waals surface area contributed by atoms with Crippen LogP contribution in [-0.2, 0) is 0 Å². The molecule has 1 nitrogen and oxygen atoms in total. The highest BCUT2D eigenvalue weighted by molar-refractivity contribution is 6.30. The van der Waals surface area contributed by atoms with Crippen LogP contribution >= 0.6 is 11.6 Å². The van der Waals surface area contributed by atoms with Crippen molar-refractivity contribution in [3.05, 3.63) is 34.9 Å². The second-order valence-electron chi connectivity index (χ2n) is 7.33. The highest BCUT2D eigenvalue weighted by Gasteiger charge is 2.32. The van der Waals surface area contributed by atoms with Crippen molar-refractivity contribution in [3.63, 3.8) is 0 Å². The van der Waals surface area contributed by atoms with Gasteiger partial charge in [0.1, 0.15) is 0 Å². The molecule has 2 heteroatoms. The molecule has 1 saturated carbocycles. The normalized spacial score (nSPS) is 24.8. The Balaban J connectivity index is 1.86. The fraction of sp³-hybridized carbons (Fsp3) is 0.684. The Morgan fingerprint density at radius 2 is 1.90 bits per heavy atom. The lowest BCUT2D eigenvalue weighted by Gasteiger charge is -2.39. The Kier molecular flexibility index (Phi) is 5.73. The van der Waals surface area contributed by atoms with Gasteiger partial charge >= 0.3 is 0 Å². The molecule has 0 aromatic heterocycles. The third-order valence-electron chi connectivity index (χ3n) is 5.58. The summed E-state index contributed by atoms with van der Waals surface area (Å²) in [5.74, 6) is 0.891. The maximum Gasteiger partial charge on any atom is 0.0409 e. The van der Waals surface area contributed by atoms with E-state index in [9.17, 15) is 0 Å². The Morgan fingerprint density at radius 1 is 1.24 bits per heavy atom. The summed E-state index contributed by atoms with van der Waals surface area (Å²) >= 11 is 6.09. The van der Waals surface area contributed by atoms with Gasteiger partial charge in [-0.1, -0.05) is 50.9 Å². The van der Waals surface area contributed by atoms with Crippen LogP contribution in [0.15, 0.2) is 24.3 Å². The summed E-state index contributed by atoms with van der Waals surface area (Å²) in [6.45, 7) is 9.43. The summed E-state index contributed by atoms with van der Waals surface area (Å²) in [5.41, 5.74) is 1.79. The van der Waals surface area contributed by atoms with E-state index in [1.165, 1.54) is 37.7 Å². The van der Waals surface area contributed by atoms with Crippen molar-refractivity contribution >= 4 is 11.6 Å². The van der Waals surface area contributed by atoms with Crippen molar-refractivity contribution in [2.45, 2.75) is 71.9 Å². The van der Waals surface area contributed by atoms with Crippen LogP contribution in [0.3, 0.4) is 0 Å². The standard InChI is InChI=1S/C19H30ClN/c1-5-19(3,4)16-9-11-18(12-10-16)21-14(2)15-7-6-8-17(20)13-15/h6-8,13-14,16,18,21H,5,9-12H2,1-4H3. The zero-order valence-corrected chi connectivity index (χ0v) is 14.7. The number of halogens is 1. The van der Waals surface area contributed by atoms with Crippen LogP contribution in [0.25, 0.3) is 0 Å². The van der Waals surface area contributed by atoms with Gasteiger partial charge in [-0.2, -0.15) is 0 Å². The maximum absolute atomic E-state index is 6.09. The molecule has 1 unspecified atom stereocenters. The lowest BCUT2D eigenvalue weighted by molar-refractivity contribution is 0.134. The molecule has 1 atom stereocenters. The fourth-order valence-corrected chi connectivity index (χ4v) is 3.75. The van der Waals surface area contributed by atoms with Gasteiger partial charge in [0, 0.05) is 17.1 Å². The maximum atomic E-state index is 6.09. The predicted octanol–water partition coefficient (Wildman–Crippen LogP) is 5.99. The van der Waals surface area contributed by atoms with Crippen LogP contribution in [0.5, 0.6) is 0 Å². The van der Waals surface area contributed by atoms with E-state index in [1.807, 2.05) is 12.1 Å². The number of hydrogen-bond donors (Lipinski definition) is 1. The van der Waals surface area contributed by atoms with Crippen molar-refractivity contribution in [1.29, 1.82) is 0 Å². The Hall–Kier alpha value is -0.530. The lowest BCUT2D eigenvalue weighted by atomic mass is 9.69. The first kappa shape index (κ1) is 16.8. The number of benzene rings is 1. The molecule has 0 saturated heterocycles. The van der Waals surface area contributed by atoms with E-state index in [0.29, 0.717) is 17.5 Å². The fourth-order valence-electron chi connectivity index (χ4n) is 3.56. The molecule has 1 aromatic rings. The highest BCUT2D eigenvalue weighted by Crippen LogP contribution is 2.40. The van der Waals surface area contributed by atoms with Gasteiger partial charge in [-0.25, -0.2) is 0 Å². The molecule has 0 aliphatic heterocycles. The summed E-state index contributed by atoms with van der Waals surface area (Å²) in [4.78, 5) is 0. The molecule has 2 rings (SSSR count). The number of rotatable bonds is 5. The van der Waals surface area contributed by atoms with E-state index >= 15 is 0 Å². The molecule has 118 valence electrons. The summed E-state index contributed by atoms with van der Waals surface area (Å²) in [6.07, 6.45) is 6.62. The van der Waals surface area contributed by atoms with Gasteiger partial charge in [-0.3, -0.25) is 0 Å². The molecule has 1 N–H and O–H groups in total. The molecule has 1 fully saturated rings. The monoisotopic (exact) mass is 307 g/mol. The Morgan fingerprint density at radius 3 is 2.48 bits per heavy atom. The van der Waals surface area contributed by atoms with Gasteiger partial charge in [0.15, 0.2) is 0 Å². The summed E-state index contributed by atoms with van der Waals surface area (Å²) < 4.78 is 0. The molecular weight excluding hydrogens is 278 g/mol. The Bertz CT molecular complexity index is 447. The van der Waals surface area contributed by atoms with E-state index in [1.54, 1.807) is 0 Å². The van der Waals surface area contributed by atoms with Crippen LogP contribution in [0.4, 0.5) is 0 Å². The second-order valence-corrected chi connectivity index (χ2v) is 7.77. The quantitative estimate of drug-likeness (QED) is 0.705. The minimum Gasteiger partial charge on any atom is -0.307 e. The van der Waals surface area contributed by atoms with Crippen molar-refractivity contribution in [1.82, 2.24) is 5.32 Å². The molecule has 1 aliphatic carbocycles. The molecule has 0 bridgehead atoms. The molecule has 0 radical (unpaired) electrons. The van der Waals surface area contributed by atoms with Gasteiger partial charge in [0.25, 0.3) is 0 Å². The van der Waals surface area contributed by atoms with E-state index in [0.717, 1.165) is 10.9 Å². The largest absolute Gasteiger partial charge is 0.307 e. The first-order chi connectivity index (χ1) is 9.92. The van der Waals surface area contributed by atoms with E-state index < -0.39 is 0 Å². The summed E-state index contributed by atoms with van der Waals surface area (Å²) in [6, 6.07) is 9.25. The van der Waals surface area contributed by atoms with Gasteiger partial charge < -0.3 is 5.32 Å². The second kappa shape index (κ2) is 7.15. The van der Waals surface area contributed by atoms with Crippen LogP contribution in [0, 0.1) is 11.3 Å². The molecule has 21 heavy (non-hydrogen) atoms. The smallest absolute Gasteiger partial charge is 0.0409 e. The van der Waals surface area contributed by atoms with Gasteiger partial charge in [-0.15, -0.1) is 0 Å². The average Bonchev–Trinajstić information content (AvgIpc) is 2.48. The molecule has 1 aromatic carbocycles. The van der Waals surface area contributed by atoms with Gasteiger partial charge in [-0.05, 0) is 61.6 Å². The van der Waals surface area contributed by atoms with Crippen molar-refractivity contribution in [2.24, 2.45) is 11.3 Å². The van der Waals surface area contributed by atoms with Crippen LogP contribution in [-0.4, -0.2) is 6.04 Å². The van der Waals surface area contributed by atoms with Gasteiger partial charge in [0.05, 0.1) is 0 Å². The SMILES string of the molecule is CCC(C)(C)C1CCC(NC(C)c2cccc(Cl)c2)CC1. The molecule has 0 spiro atoms. The van der Waals surface area contributed by atoms with Crippen molar-refractivity contribution in [2.75, 3.05) is 0 Å². The first-order valence-electron chi connectivity index (χ1n) is 8.44. The van der Waals surface area contributed by atoms with E-state index in [2.05, 4.69) is 45.1 Å². The van der Waals surface area contributed by atoms with Crippen LogP contribution in [0.1, 0.15) is 71.4 Å². The van der Waals surface area contributed by atoms with Crippen molar-refractivity contribution in [3.8, 4) is 0 Å². The third kappa shape index (κ3) is 4.47. The molecule has 0 amide bonds. The van der Waals surface area contributed by atoms with E-state index in [-0.39, 0.29) is 0 Å². The molecule has 0 heterocycles. The summed E-state index contributed by atoms with van der Waals surface area (Å²) in [7, 11) is 0. The number of nitrogens with one attached hydrogen (secondary N) is 1. The minimum atomic E-state index is 0.379. The minimum absolute atomic E-state index is 0.379. The van der Waals surface area contributed by atoms with Crippen LogP contribution < -0.4 is 5.32 Å². The number of hydrogen-bond acceptors (Lipinski definition) is 1. The zero-order chi connectivity index (χ0) is 15.5. The first-order valence-corrected chi connectivity index (χ1v) is 8.81. The average molecular weight is 308 g/mol. The molecule has 1 aliphatic rings. The topological polar surface area (TPSA) is 12.0 Å². The van der Waals surface area contributed by atoms with Gasteiger partial charge in [0.2, 0.25) is 0 Å². The van der Waals surface area contributed by atoms with Crippen LogP contribution in [0.2, 0.25) is 5.02 Å². The lowest BCUT2D eigenvalue weighted by Crippen LogP contribution is -2.38. The third-order valence-corrected chi connectivity index (χ3v) is 5.81. The predicted molar refractivity (Wildman–Crippen MR) is 92.8 cm³/mol. The van der Waals surface area contributed by atoms with E-state index in [4.69, 9.17) is 11.6 Å². The summed E-state index contributed by atoms with van der Waals surface area (Å²) in [5, 5.41) is 4.62. The highest BCUT2D eigenvalue weighted by atomic mass is 35.5. The Labute approximate surface area is 135 Å². The molecular formula is C19H30ClN.